The number of hydrogen-bond acceptors (Lipinski definition) is 4. The molecule has 0 spiro atoms. The van der Waals surface area contributed by atoms with Crippen molar-refractivity contribution >= 4 is 9.05 Å². The summed E-state index contributed by atoms with van der Waals surface area (Å²) >= 11 is 0. The van der Waals surface area contributed by atoms with Gasteiger partial charge in [0.25, 0.3) is 0 Å². The fraction of sp³-hybridized carbons (Fsp3) is 0. The Hall–Kier alpha value is 2.02. The molecular weight excluding hydrogens is 154 g/mol. The Labute approximate surface area is 94.7 Å². The Morgan fingerprint density at radius 3 is 0.875 bits per heavy atom. The average Bonchev–Trinajstić information content (AvgIpc) is 0.722. The van der Waals surface area contributed by atoms with Gasteiger partial charge in [0.15, 0.2) is 0 Å². The Balaban J connectivity index is -0.00000000800. The second-order valence-electron chi connectivity index (χ2n) is 0.600. The van der Waals surface area contributed by atoms with Gasteiger partial charge < -0.3 is 27.5 Å². The summed E-state index contributed by atoms with van der Waals surface area (Å²) in [4.78, 5) is 29.3. The van der Waals surface area contributed by atoms with Gasteiger partial charge in [-0.05, 0) is 0 Å². The number of rotatable bonds is 0. The molecule has 0 aromatic heterocycles. The molecule has 6 N–H and O–H groups in total. The quantitative estimate of drug-likeness (QED) is 0.265. The normalized spacial score (nSPS) is 7.50. The fourth-order valence-corrected chi connectivity index (χ4v) is 0. The minimum atomic E-state index is -4.61. The Bertz CT molecular complexity index is 33.1. The van der Waals surface area contributed by atoms with Crippen molar-refractivity contribution < 1.29 is 86.6 Å². The van der Waals surface area contributed by atoms with Crippen molar-refractivity contribution in [2.24, 2.45) is 0 Å². The van der Waals surface area contributed by atoms with Crippen LogP contribution in [0.1, 0.15) is 2.85 Å². The van der Waals surface area contributed by atoms with E-state index in [-0.39, 0.29) is 67.4 Å². The molecular formula is H8Na2O5Si. The van der Waals surface area contributed by atoms with Crippen LogP contribution in [0.5, 0.6) is 0 Å². The van der Waals surface area contributed by atoms with Crippen LogP contribution < -0.4 is 59.1 Å². The molecule has 0 heterocycles. The van der Waals surface area contributed by atoms with Crippen LogP contribution in [-0.2, 0) is 0 Å². The summed E-state index contributed by atoms with van der Waals surface area (Å²) in [6.45, 7) is 0. The second-order valence-corrected chi connectivity index (χ2v) is 1.80. The van der Waals surface area contributed by atoms with Crippen LogP contribution in [0, 0.1) is 0 Å². The first-order chi connectivity index (χ1) is 2.00. The zero-order valence-corrected chi connectivity index (χ0v) is 9.79. The van der Waals surface area contributed by atoms with Crippen molar-refractivity contribution in [1.82, 2.24) is 0 Å². The molecule has 0 atom stereocenters. The van der Waals surface area contributed by atoms with Crippen LogP contribution in [0.4, 0.5) is 0 Å². The van der Waals surface area contributed by atoms with Gasteiger partial charge in [-0.2, -0.15) is 0 Å². The van der Waals surface area contributed by atoms with E-state index >= 15 is 0 Å². The van der Waals surface area contributed by atoms with Crippen molar-refractivity contribution in [3.05, 3.63) is 0 Å². The van der Waals surface area contributed by atoms with E-state index in [0.717, 1.165) is 0 Å². The topological polar surface area (TPSA) is 112 Å². The molecule has 8 heteroatoms. The summed E-state index contributed by atoms with van der Waals surface area (Å²) in [6.07, 6.45) is 0. The maximum absolute atomic E-state index is 7.33. The largest absolute Gasteiger partial charge is 1.00 e. The van der Waals surface area contributed by atoms with Crippen LogP contribution in [0.15, 0.2) is 0 Å². The average molecular weight is 162 g/mol. The molecule has 0 aromatic carbocycles. The summed E-state index contributed by atoms with van der Waals surface area (Å²) in [5, 5.41) is 0. The molecule has 0 unspecified atom stereocenters. The van der Waals surface area contributed by atoms with Gasteiger partial charge in [0.2, 0.25) is 0 Å². The van der Waals surface area contributed by atoms with Crippen LogP contribution in [-0.4, -0.2) is 33.7 Å². The summed E-state index contributed by atoms with van der Waals surface area (Å²) in [5.41, 5.74) is 0. The first-order valence-electron chi connectivity index (χ1n) is 0.894. The van der Waals surface area contributed by atoms with E-state index in [1.807, 2.05) is 0 Å². The molecule has 0 fully saturated rings. The van der Waals surface area contributed by atoms with Gasteiger partial charge in [-0.25, -0.2) is 0 Å². The van der Waals surface area contributed by atoms with Gasteiger partial charge in [-0.3, -0.25) is 0 Å². The molecule has 0 aliphatic heterocycles. The molecule has 0 bridgehead atoms. The van der Waals surface area contributed by atoms with E-state index in [1.165, 1.54) is 0 Å². The van der Waals surface area contributed by atoms with Gasteiger partial charge in [0, 0.05) is 0 Å². The molecule has 0 aliphatic rings. The van der Waals surface area contributed by atoms with Crippen LogP contribution >= 0.6 is 0 Å². The third-order valence-corrected chi connectivity index (χ3v) is 0. The molecule has 0 saturated carbocycles. The van der Waals surface area contributed by atoms with Crippen LogP contribution in [0.2, 0.25) is 0 Å². The molecule has 5 nitrogen and oxygen atoms in total. The fourth-order valence-electron chi connectivity index (χ4n) is 0. The van der Waals surface area contributed by atoms with Crippen molar-refractivity contribution in [1.29, 1.82) is 0 Å². The maximum atomic E-state index is 7.33. The Morgan fingerprint density at radius 2 is 0.875 bits per heavy atom. The van der Waals surface area contributed by atoms with Crippen LogP contribution in [0.25, 0.3) is 0 Å². The van der Waals surface area contributed by atoms with Crippen molar-refractivity contribution in [2.45, 2.75) is 0 Å². The van der Waals surface area contributed by atoms with Gasteiger partial charge in [0.05, 0.1) is 0 Å². The maximum Gasteiger partial charge on any atom is 1.00 e. The summed E-state index contributed by atoms with van der Waals surface area (Å²) in [5.74, 6) is 0. The molecule has 0 aliphatic carbocycles. The molecule has 0 aromatic rings. The first-order valence-corrected chi connectivity index (χ1v) is 2.68. The van der Waals surface area contributed by atoms with Crippen molar-refractivity contribution in [2.75, 3.05) is 0 Å². The smallest absolute Gasteiger partial charge is 1.00 e. The van der Waals surface area contributed by atoms with E-state index in [9.17, 15) is 0 Å². The monoisotopic (exact) mass is 162 g/mol. The molecule has 0 saturated heterocycles. The summed E-state index contributed by atoms with van der Waals surface area (Å²) in [6, 6.07) is 0. The molecule has 8 heavy (non-hydrogen) atoms. The van der Waals surface area contributed by atoms with E-state index in [1.54, 1.807) is 0 Å². The van der Waals surface area contributed by atoms with E-state index in [4.69, 9.17) is 19.2 Å². The van der Waals surface area contributed by atoms with E-state index < -0.39 is 9.05 Å². The van der Waals surface area contributed by atoms with Crippen LogP contribution in [0.3, 0.4) is 0 Å². The third kappa shape index (κ3) is 97.0. The standard InChI is InChI=1S/2Na.H4O4Si.H2O.2H/c;;1-5(2,3)4;;;/h;;1-4H;1H2;;/q2*+1;;;2*-1. The first kappa shape index (κ1) is 22.5. The predicted molar refractivity (Wildman–Crippen MR) is 20.5 cm³/mol. The molecule has 0 amide bonds. The molecule has 0 rings (SSSR count). The van der Waals surface area contributed by atoms with E-state index in [0.29, 0.717) is 0 Å². The Kier molecular flexibility index (Phi) is 25.4. The summed E-state index contributed by atoms with van der Waals surface area (Å²) < 4.78 is 0. The van der Waals surface area contributed by atoms with Crippen molar-refractivity contribution in [3.63, 3.8) is 0 Å². The van der Waals surface area contributed by atoms with Gasteiger partial charge in [0.1, 0.15) is 0 Å². The minimum absolute atomic E-state index is 0. The van der Waals surface area contributed by atoms with E-state index in [2.05, 4.69) is 0 Å². The number of hydrogen-bond donors (Lipinski definition) is 4. The Morgan fingerprint density at radius 1 is 0.875 bits per heavy atom. The SMILES string of the molecule is O.O[Si](O)(O)O.[H-].[H-].[Na+].[Na+]. The van der Waals surface area contributed by atoms with Gasteiger partial charge >= 0.3 is 68.2 Å². The van der Waals surface area contributed by atoms with Gasteiger partial charge in [-0.1, -0.05) is 0 Å². The zero-order chi connectivity index (χ0) is 4.50. The zero-order valence-electron chi connectivity index (χ0n) is 6.79. The molecule has 0 radical (unpaired) electrons. The minimum Gasteiger partial charge on any atom is -1.00 e. The summed E-state index contributed by atoms with van der Waals surface area (Å²) in [7, 11) is -4.61. The molecule has 44 valence electrons. The van der Waals surface area contributed by atoms with Gasteiger partial charge in [-0.15, -0.1) is 0 Å². The van der Waals surface area contributed by atoms with Crippen molar-refractivity contribution in [3.8, 4) is 0 Å². The third-order valence-electron chi connectivity index (χ3n) is 0. The predicted octanol–water partition coefficient (Wildman–Crippen LogP) is -9.20. The second kappa shape index (κ2) is 9.02.